The maximum atomic E-state index is 12.2. The predicted molar refractivity (Wildman–Crippen MR) is 71.6 cm³/mol. The molecule has 1 aromatic carbocycles. The van der Waals surface area contributed by atoms with Crippen LogP contribution in [0.1, 0.15) is 10.4 Å². The number of thioether (sulfide) groups is 1. The molecule has 0 bridgehead atoms. The topological polar surface area (TPSA) is 86.7 Å². The van der Waals surface area contributed by atoms with E-state index < -0.39 is 12.0 Å². The minimum atomic E-state index is -1.10. The Morgan fingerprint density at radius 2 is 2.11 bits per heavy atom. The summed E-state index contributed by atoms with van der Waals surface area (Å²) < 4.78 is 0. The molecule has 0 aliphatic carbocycles. The highest BCUT2D eigenvalue weighted by molar-refractivity contribution is 8.14. The molecule has 2 amide bonds. The number of carbonyl (C=O) groups is 3. The maximum Gasteiger partial charge on any atom is 0.337 e. The minimum absolute atomic E-state index is 0.0512. The molecule has 2 N–H and O–H groups in total. The van der Waals surface area contributed by atoms with Crippen molar-refractivity contribution in [3.05, 3.63) is 29.8 Å². The Labute approximate surface area is 113 Å². The van der Waals surface area contributed by atoms with Gasteiger partial charge in [-0.1, -0.05) is 23.9 Å². The molecule has 0 spiro atoms. The number of aromatic carboxylic acids is 1. The summed E-state index contributed by atoms with van der Waals surface area (Å²) in [7, 11) is 1.50. The van der Waals surface area contributed by atoms with E-state index in [4.69, 9.17) is 5.11 Å². The van der Waals surface area contributed by atoms with Crippen LogP contribution < -0.4 is 10.2 Å². The number of carbonyl (C=O) groups excluding carboxylic acids is 2. The molecule has 0 aromatic heterocycles. The first-order chi connectivity index (χ1) is 9.00. The van der Waals surface area contributed by atoms with E-state index in [1.807, 2.05) is 0 Å². The number of likely N-dealkylation sites (N-methyl/N-ethyl adjacent to an activating group) is 1. The van der Waals surface area contributed by atoms with Crippen molar-refractivity contribution in [3.63, 3.8) is 0 Å². The largest absolute Gasteiger partial charge is 0.478 e. The summed E-state index contributed by atoms with van der Waals surface area (Å²) in [6, 6.07) is 5.64. The zero-order valence-corrected chi connectivity index (χ0v) is 10.9. The third-order valence-electron chi connectivity index (χ3n) is 2.80. The summed E-state index contributed by atoms with van der Waals surface area (Å²) in [6.45, 7) is 0. The van der Waals surface area contributed by atoms with Crippen molar-refractivity contribution < 1.29 is 19.5 Å². The molecule has 0 radical (unpaired) electrons. The second-order valence-electron chi connectivity index (χ2n) is 4.01. The Bertz CT molecular complexity index is 546. The molecule has 1 fully saturated rings. The molecule has 100 valence electrons. The maximum absolute atomic E-state index is 12.2. The molecular weight excluding hydrogens is 268 g/mol. The second kappa shape index (κ2) is 5.31. The number of amides is 2. The summed E-state index contributed by atoms with van der Waals surface area (Å²) in [5.74, 6) is -1.07. The number of carboxylic acids is 1. The first kappa shape index (κ1) is 13.4. The van der Waals surface area contributed by atoms with E-state index in [1.165, 1.54) is 18.0 Å². The number of benzene rings is 1. The van der Waals surface area contributed by atoms with Crippen LogP contribution in [-0.4, -0.2) is 41.1 Å². The Morgan fingerprint density at radius 3 is 2.68 bits per heavy atom. The normalized spacial score (nSPS) is 17.9. The lowest BCUT2D eigenvalue weighted by atomic mass is 10.1. The molecule has 7 heteroatoms. The Hall–Kier alpha value is -2.02. The highest BCUT2D eigenvalue weighted by Crippen LogP contribution is 2.22. The lowest BCUT2D eigenvalue weighted by molar-refractivity contribution is -0.119. The van der Waals surface area contributed by atoms with Crippen molar-refractivity contribution in [2.75, 3.05) is 17.7 Å². The van der Waals surface area contributed by atoms with Crippen molar-refractivity contribution in [2.24, 2.45) is 0 Å². The third-order valence-corrected chi connectivity index (χ3v) is 3.68. The molecule has 1 aliphatic heterocycles. The van der Waals surface area contributed by atoms with Crippen molar-refractivity contribution in [3.8, 4) is 0 Å². The first-order valence-electron chi connectivity index (χ1n) is 5.54. The van der Waals surface area contributed by atoms with Crippen LogP contribution in [0.4, 0.5) is 10.5 Å². The number of carboxylic acid groups (broad SMARTS) is 1. The number of hydrogen-bond acceptors (Lipinski definition) is 4. The van der Waals surface area contributed by atoms with Gasteiger partial charge in [0, 0.05) is 12.8 Å². The van der Waals surface area contributed by atoms with Gasteiger partial charge in [-0.3, -0.25) is 9.59 Å². The zero-order valence-electron chi connectivity index (χ0n) is 10.1. The first-order valence-corrected chi connectivity index (χ1v) is 6.52. The summed E-state index contributed by atoms with van der Waals surface area (Å²) in [5, 5.41) is 11.4. The monoisotopic (exact) mass is 280 g/mol. The Morgan fingerprint density at radius 1 is 1.42 bits per heavy atom. The fourth-order valence-corrected chi connectivity index (χ4v) is 2.59. The second-order valence-corrected chi connectivity index (χ2v) is 5.01. The molecule has 1 saturated heterocycles. The molecule has 19 heavy (non-hydrogen) atoms. The molecule has 1 unspecified atom stereocenters. The molecule has 0 saturated carbocycles. The highest BCUT2D eigenvalue weighted by Gasteiger charge is 2.31. The van der Waals surface area contributed by atoms with Crippen molar-refractivity contribution >= 4 is 34.6 Å². The lowest BCUT2D eigenvalue weighted by Crippen LogP contribution is -2.44. The van der Waals surface area contributed by atoms with E-state index >= 15 is 0 Å². The van der Waals surface area contributed by atoms with Gasteiger partial charge in [-0.15, -0.1) is 0 Å². The van der Waals surface area contributed by atoms with Gasteiger partial charge < -0.3 is 15.3 Å². The lowest BCUT2D eigenvalue weighted by Gasteiger charge is -2.22. The van der Waals surface area contributed by atoms with E-state index in [0.717, 1.165) is 11.8 Å². The average Bonchev–Trinajstić information content (AvgIpc) is 2.83. The predicted octanol–water partition coefficient (Wildman–Crippen LogP) is 1.17. The molecule has 1 heterocycles. The molecular formula is C12H12N2O4S. The van der Waals surface area contributed by atoms with Gasteiger partial charge in [0.15, 0.2) is 0 Å². The van der Waals surface area contributed by atoms with Gasteiger partial charge in [0.05, 0.1) is 11.3 Å². The van der Waals surface area contributed by atoms with Crippen LogP contribution in [0, 0.1) is 0 Å². The average molecular weight is 280 g/mol. The van der Waals surface area contributed by atoms with E-state index in [1.54, 1.807) is 18.2 Å². The van der Waals surface area contributed by atoms with Gasteiger partial charge in [-0.2, -0.15) is 0 Å². The minimum Gasteiger partial charge on any atom is -0.478 e. The highest BCUT2D eigenvalue weighted by atomic mass is 32.2. The van der Waals surface area contributed by atoms with Crippen molar-refractivity contribution in [1.29, 1.82) is 0 Å². The van der Waals surface area contributed by atoms with Gasteiger partial charge in [-0.25, -0.2) is 4.79 Å². The summed E-state index contributed by atoms with van der Waals surface area (Å²) >= 11 is 1.04. The smallest absolute Gasteiger partial charge is 0.337 e. The number of anilines is 1. The molecule has 1 aliphatic rings. The molecule has 2 rings (SSSR count). The fourth-order valence-electron chi connectivity index (χ4n) is 1.82. The zero-order chi connectivity index (χ0) is 14.0. The molecule has 1 aromatic rings. The van der Waals surface area contributed by atoms with Gasteiger partial charge in [0.1, 0.15) is 6.04 Å². The Kier molecular flexibility index (Phi) is 3.75. The Balaban J connectivity index is 2.24. The van der Waals surface area contributed by atoms with Crippen LogP contribution >= 0.6 is 11.8 Å². The summed E-state index contributed by atoms with van der Waals surface area (Å²) in [5.41, 5.74) is 0.362. The van der Waals surface area contributed by atoms with Crippen molar-refractivity contribution in [2.45, 2.75) is 6.04 Å². The fraction of sp³-hybridized carbons (Fsp3) is 0.250. The van der Waals surface area contributed by atoms with Crippen molar-refractivity contribution in [1.82, 2.24) is 5.32 Å². The van der Waals surface area contributed by atoms with Crippen LogP contribution in [0.25, 0.3) is 0 Å². The summed E-state index contributed by atoms with van der Waals surface area (Å²) in [6.07, 6.45) is 0. The van der Waals surface area contributed by atoms with Crippen LogP contribution in [-0.2, 0) is 4.79 Å². The number of nitrogens with zero attached hydrogens (tertiary/aromatic N) is 1. The number of hydrogen-bond donors (Lipinski definition) is 2. The van der Waals surface area contributed by atoms with Crippen LogP contribution in [0.15, 0.2) is 24.3 Å². The quantitative estimate of drug-likeness (QED) is 0.868. The third kappa shape index (κ3) is 2.70. The van der Waals surface area contributed by atoms with E-state index in [2.05, 4.69) is 5.32 Å². The summed E-state index contributed by atoms with van der Waals surface area (Å²) in [4.78, 5) is 35.6. The van der Waals surface area contributed by atoms with E-state index in [-0.39, 0.29) is 16.7 Å². The molecule has 6 nitrogen and oxygen atoms in total. The number of para-hydroxylation sites is 1. The number of nitrogens with one attached hydrogen (secondary N) is 1. The standard InChI is InChI=1S/C12H12N2O4S/c1-14(10(15)8-6-19-12(18)13-8)9-5-3-2-4-7(9)11(16)17/h2-5,8H,6H2,1H3,(H,13,18)(H,16,17). The van der Waals surface area contributed by atoms with E-state index in [0.29, 0.717) is 11.4 Å². The van der Waals surface area contributed by atoms with Crippen LogP contribution in [0.3, 0.4) is 0 Å². The van der Waals surface area contributed by atoms with E-state index in [9.17, 15) is 14.4 Å². The van der Waals surface area contributed by atoms with Crippen LogP contribution in [0.2, 0.25) is 0 Å². The van der Waals surface area contributed by atoms with Gasteiger partial charge in [0.25, 0.3) is 5.24 Å². The van der Waals surface area contributed by atoms with Gasteiger partial charge >= 0.3 is 5.97 Å². The van der Waals surface area contributed by atoms with Gasteiger partial charge in [-0.05, 0) is 12.1 Å². The van der Waals surface area contributed by atoms with Gasteiger partial charge in [0.2, 0.25) is 5.91 Å². The molecule has 1 atom stereocenters. The SMILES string of the molecule is CN(C(=O)C1CSC(=O)N1)c1ccccc1C(=O)O. The van der Waals surface area contributed by atoms with Crippen LogP contribution in [0.5, 0.6) is 0 Å². The number of rotatable bonds is 3.